The van der Waals surface area contributed by atoms with Crippen LogP contribution in [0.25, 0.3) is 0 Å². The third-order valence-electron chi connectivity index (χ3n) is 6.11. The minimum absolute atomic E-state index is 0.197. The largest absolute Gasteiger partial charge is 0.490 e. The summed E-state index contributed by atoms with van der Waals surface area (Å²) in [7, 11) is 0. The number of alkyl halides is 9. The molecule has 0 radical (unpaired) electrons. The normalized spacial score (nSPS) is 17.6. The second kappa shape index (κ2) is 17.5. The summed E-state index contributed by atoms with van der Waals surface area (Å²) in [5.74, 6) is -7.45. The molecule has 0 saturated carbocycles. The number of piperidine rings is 1. The number of halogens is 9. The second-order valence-corrected chi connectivity index (χ2v) is 9.64. The van der Waals surface area contributed by atoms with Crippen molar-refractivity contribution in [3.05, 3.63) is 54.6 Å². The van der Waals surface area contributed by atoms with Crippen LogP contribution in [0.1, 0.15) is 25.0 Å². The number of hydrogen-bond donors (Lipinski definition) is 3. The number of aromatic nitrogens is 2. The zero-order chi connectivity index (χ0) is 35.2. The molecule has 20 heteroatoms. The Kier molecular flexibility index (Phi) is 15.1. The van der Waals surface area contributed by atoms with Crippen LogP contribution in [0.15, 0.2) is 48.9 Å². The van der Waals surface area contributed by atoms with Gasteiger partial charge in [0.1, 0.15) is 12.4 Å². The van der Waals surface area contributed by atoms with E-state index in [0.29, 0.717) is 12.0 Å². The Morgan fingerprint density at radius 1 is 0.848 bits per heavy atom. The van der Waals surface area contributed by atoms with Gasteiger partial charge in [-0.05, 0) is 62.0 Å². The molecule has 2 aliphatic heterocycles. The molecule has 0 aromatic carbocycles. The quantitative estimate of drug-likeness (QED) is 0.371. The van der Waals surface area contributed by atoms with Gasteiger partial charge in [0.25, 0.3) is 0 Å². The van der Waals surface area contributed by atoms with Crippen LogP contribution < -0.4 is 4.74 Å². The highest BCUT2D eigenvalue weighted by molar-refractivity contribution is 5.73. The Morgan fingerprint density at radius 3 is 1.78 bits per heavy atom. The minimum Gasteiger partial charge on any atom is -0.489 e. The van der Waals surface area contributed by atoms with E-state index in [1.54, 1.807) is 12.4 Å². The van der Waals surface area contributed by atoms with Gasteiger partial charge in [-0.15, -0.1) is 0 Å². The van der Waals surface area contributed by atoms with Crippen molar-refractivity contribution in [3.63, 3.8) is 0 Å². The van der Waals surface area contributed by atoms with Gasteiger partial charge < -0.3 is 24.8 Å². The summed E-state index contributed by atoms with van der Waals surface area (Å²) in [6, 6.07) is 9.97. The summed E-state index contributed by atoms with van der Waals surface area (Å²) in [5, 5.41) is 21.4. The molecule has 0 aliphatic carbocycles. The fourth-order valence-electron chi connectivity index (χ4n) is 3.88. The summed E-state index contributed by atoms with van der Waals surface area (Å²) >= 11 is 0. The van der Waals surface area contributed by atoms with E-state index in [1.165, 1.54) is 12.8 Å². The van der Waals surface area contributed by atoms with Crippen LogP contribution in [-0.4, -0.2) is 99.0 Å². The zero-order valence-electron chi connectivity index (χ0n) is 23.5. The number of carboxylic acid groups (broad SMARTS) is 3. The lowest BCUT2D eigenvalue weighted by atomic mass is 9.76. The van der Waals surface area contributed by atoms with Crippen molar-refractivity contribution in [2.45, 2.75) is 50.4 Å². The molecule has 4 heterocycles. The standard InChI is InChI=1S/C20H25N3O2.3C2HF3O2/c1-2-9-22-17(4-1)14-23-10-6-20(7-11-23)12-19(25-16-20)15-24-18-5-3-8-21-13-18;3*3-2(4,5)1(6)7/h1-5,8-9,13,19H,6-7,10-12,14-16H2;3*(H,6,7). The lowest BCUT2D eigenvalue weighted by Gasteiger charge is -2.38. The highest BCUT2D eigenvalue weighted by Gasteiger charge is 2.43. The van der Waals surface area contributed by atoms with Gasteiger partial charge in [-0.1, -0.05) is 6.07 Å². The number of rotatable bonds is 5. The van der Waals surface area contributed by atoms with Crippen LogP contribution >= 0.6 is 0 Å². The van der Waals surface area contributed by atoms with Crippen LogP contribution in [0, 0.1) is 5.41 Å². The monoisotopic (exact) mass is 681 g/mol. The van der Waals surface area contributed by atoms with Crippen molar-refractivity contribution in [1.29, 1.82) is 0 Å². The minimum atomic E-state index is -5.08. The third kappa shape index (κ3) is 15.7. The number of aliphatic carboxylic acids is 3. The van der Waals surface area contributed by atoms with Gasteiger partial charge >= 0.3 is 36.4 Å². The number of carbonyl (C=O) groups is 3. The first-order chi connectivity index (χ1) is 21.1. The van der Waals surface area contributed by atoms with E-state index >= 15 is 0 Å². The summed E-state index contributed by atoms with van der Waals surface area (Å²) < 4.78 is 107. The van der Waals surface area contributed by atoms with Crippen LogP contribution in [0.5, 0.6) is 5.75 Å². The lowest BCUT2D eigenvalue weighted by Crippen LogP contribution is -2.40. The van der Waals surface area contributed by atoms with Crippen LogP contribution in [0.4, 0.5) is 39.5 Å². The predicted molar refractivity (Wildman–Crippen MR) is 136 cm³/mol. The molecule has 46 heavy (non-hydrogen) atoms. The van der Waals surface area contributed by atoms with E-state index in [2.05, 4.69) is 27.0 Å². The summed E-state index contributed by atoms with van der Waals surface area (Å²) in [5.41, 5.74) is 1.49. The number of likely N-dealkylation sites (tertiary alicyclic amines) is 1. The zero-order valence-corrected chi connectivity index (χ0v) is 23.5. The first kappa shape index (κ1) is 39.8. The van der Waals surface area contributed by atoms with Crippen LogP contribution in [-0.2, 0) is 25.7 Å². The van der Waals surface area contributed by atoms with Crippen molar-refractivity contribution in [1.82, 2.24) is 14.9 Å². The Morgan fingerprint density at radius 2 is 1.37 bits per heavy atom. The first-order valence-electron chi connectivity index (χ1n) is 12.8. The Bertz CT molecular complexity index is 1170. The number of ether oxygens (including phenoxy) is 2. The molecule has 3 N–H and O–H groups in total. The van der Waals surface area contributed by atoms with Crippen molar-refractivity contribution in [3.8, 4) is 5.75 Å². The van der Waals surface area contributed by atoms with Gasteiger partial charge in [0, 0.05) is 18.9 Å². The number of carboxylic acids is 3. The molecule has 2 aromatic rings. The maximum atomic E-state index is 10.6. The summed E-state index contributed by atoms with van der Waals surface area (Å²) in [6.07, 6.45) is -6.18. The average molecular weight is 682 g/mol. The van der Waals surface area contributed by atoms with E-state index in [0.717, 1.165) is 44.1 Å². The van der Waals surface area contributed by atoms with E-state index in [-0.39, 0.29) is 6.10 Å². The van der Waals surface area contributed by atoms with Crippen LogP contribution in [0.2, 0.25) is 0 Å². The summed E-state index contributed by atoms with van der Waals surface area (Å²) in [4.78, 5) is 37.7. The molecule has 2 aromatic heterocycles. The first-order valence-corrected chi connectivity index (χ1v) is 12.8. The fourth-order valence-corrected chi connectivity index (χ4v) is 3.88. The molecule has 0 bridgehead atoms. The van der Waals surface area contributed by atoms with Gasteiger partial charge in [-0.3, -0.25) is 14.9 Å². The molecule has 0 amide bonds. The molecule has 1 unspecified atom stereocenters. The third-order valence-corrected chi connectivity index (χ3v) is 6.11. The van der Waals surface area contributed by atoms with Gasteiger partial charge in [0.2, 0.25) is 0 Å². The molecular formula is C26H28F9N3O8. The number of hydrogen-bond acceptors (Lipinski definition) is 8. The number of pyridine rings is 2. The van der Waals surface area contributed by atoms with Crippen molar-refractivity contribution < 1.29 is 78.7 Å². The molecule has 11 nitrogen and oxygen atoms in total. The average Bonchev–Trinajstić information content (AvgIpc) is 3.36. The maximum absolute atomic E-state index is 10.6. The topological polar surface area (TPSA) is 159 Å². The molecule has 2 aliphatic rings. The van der Waals surface area contributed by atoms with Crippen molar-refractivity contribution in [2.75, 3.05) is 26.3 Å². The Hall–Kier alpha value is -4.20. The summed E-state index contributed by atoms with van der Waals surface area (Å²) in [6.45, 7) is 4.67. The maximum Gasteiger partial charge on any atom is 0.490 e. The molecule has 1 atom stereocenters. The highest BCUT2D eigenvalue weighted by Crippen LogP contribution is 2.42. The van der Waals surface area contributed by atoms with Crippen molar-refractivity contribution >= 4 is 17.9 Å². The lowest BCUT2D eigenvalue weighted by molar-refractivity contribution is -0.193. The van der Waals surface area contributed by atoms with Gasteiger partial charge in [0.05, 0.1) is 24.6 Å². The molecule has 4 rings (SSSR count). The van der Waals surface area contributed by atoms with Crippen molar-refractivity contribution in [2.24, 2.45) is 5.41 Å². The van der Waals surface area contributed by atoms with E-state index in [4.69, 9.17) is 39.2 Å². The molecule has 258 valence electrons. The van der Waals surface area contributed by atoms with E-state index in [1.807, 2.05) is 24.4 Å². The highest BCUT2D eigenvalue weighted by atomic mass is 19.4. The Labute approximate surface area is 254 Å². The molecule has 2 saturated heterocycles. The molecule has 1 spiro atoms. The van der Waals surface area contributed by atoms with E-state index in [9.17, 15) is 39.5 Å². The second-order valence-electron chi connectivity index (χ2n) is 9.64. The SMILES string of the molecule is O=C(O)C(F)(F)F.O=C(O)C(F)(F)F.O=C(O)C(F)(F)F.c1ccc(CN2CCC3(CC2)COC(COc2cccnc2)C3)nc1. The predicted octanol–water partition coefficient (Wildman–Crippen LogP) is 4.83. The smallest absolute Gasteiger partial charge is 0.489 e. The Balaban J connectivity index is 0.000000413. The number of nitrogens with zero attached hydrogens (tertiary/aromatic N) is 3. The molecular weight excluding hydrogens is 653 g/mol. The fraction of sp³-hybridized carbons (Fsp3) is 0.500. The van der Waals surface area contributed by atoms with Gasteiger partial charge in [-0.2, -0.15) is 39.5 Å². The van der Waals surface area contributed by atoms with Gasteiger partial charge in [-0.25, -0.2) is 14.4 Å². The van der Waals surface area contributed by atoms with E-state index < -0.39 is 36.4 Å². The van der Waals surface area contributed by atoms with Gasteiger partial charge in [0.15, 0.2) is 0 Å². The molecule has 2 fully saturated rings. The van der Waals surface area contributed by atoms with Crippen LogP contribution in [0.3, 0.4) is 0 Å².